The zero-order valence-electron chi connectivity index (χ0n) is 17.1. The third-order valence-electron chi connectivity index (χ3n) is 5.99. The van der Waals surface area contributed by atoms with Gasteiger partial charge in [-0.15, -0.1) is 6.42 Å². The van der Waals surface area contributed by atoms with Gasteiger partial charge < -0.3 is 4.74 Å². The second kappa shape index (κ2) is 10.7. The molecule has 0 saturated heterocycles. The summed E-state index contributed by atoms with van der Waals surface area (Å²) in [5.41, 5.74) is 0.489. The highest BCUT2D eigenvalue weighted by atomic mass is 19.2. The van der Waals surface area contributed by atoms with Crippen LogP contribution in [-0.2, 0) is 0 Å². The van der Waals surface area contributed by atoms with Crippen LogP contribution in [0.4, 0.5) is 8.78 Å². The molecule has 1 aromatic rings. The first-order chi connectivity index (χ1) is 13.0. The van der Waals surface area contributed by atoms with Crippen molar-refractivity contribution in [2.24, 2.45) is 11.8 Å². The molecule has 1 aliphatic carbocycles. The highest BCUT2D eigenvalue weighted by Crippen LogP contribution is 2.40. The molecule has 0 amide bonds. The van der Waals surface area contributed by atoms with E-state index >= 15 is 0 Å². The normalized spacial score (nSPS) is 22.1. The highest BCUT2D eigenvalue weighted by Gasteiger charge is 2.26. The highest BCUT2D eigenvalue weighted by molar-refractivity contribution is 5.33. The van der Waals surface area contributed by atoms with Gasteiger partial charge in [-0.25, -0.2) is 4.39 Å². The van der Waals surface area contributed by atoms with Crippen molar-refractivity contribution >= 4 is 0 Å². The molecule has 1 nitrogen and oxygen atoms in total. The smallest absolute Gasteiger partial charge is 0.200 e. The summed E-state index contributed by atoms with van der Waals surface area (Å²) in [4.78, 5) is 0. The molecule has 0 aromatic heterocycles. The van der Waals surface area contributed by atoms with Crippen LogP contribution in [0.25, 0.3) is 0 Å². The molecular weight excluding hydrogens is 342 g/mol. The second-order valence-corrected chi connectivity index (χ2v) is 8.25. The molecule has 0 spiro atoms. The number of terminal acetylenes is 1. The van der Waals surface area contributed by atoms with Gasteiger partial charge in [0.15, 0.2) is 17.7 Å². The molecule has 1 saturated carbocycles. The Labute approximate surface area is 163 Å². The van der Waals surface area contributed by atoms with Gasteiger partial charge in [0.2, 0.25) is 5.82 Å². The van der Waals surface area contributed by atoms with E-state index < -0.39 is 17.7 Å². The summed E-state index contributed by atoms with van der Waals surface area (Å²) in [6.45, 7) is 6.22. The van der Waals surface area contributed by atoms with E-state index in [-0.39, 0.29) is 11.7 Å². The van der Waals surface area contributed by atoms with Gasteiger partial charge >= 0.3 is 0 Å². The number of ether oxygens (including phenoxy) is 1. The summed E-state index contributed by atoms with van der Waals surface area (Å²) in [6, 6.07) is 3.19. The Bertz CT molecular complexity index is 626. The summed E-state index contributed by atoms with van der Waals surface area (Å²) in [5, 5.41) is 0. The molecule has 0 aliphatic heterocycles. The molecule has 1 fully saturated rings. The molecule has 2 atom stereocenters. The maximum Gasteiger partial charge on any atom is 0.200 e. The molecule has 150 valence electrons. The maximum atomic E-state index is 14.6. The van der Waals surface area contributed by atoms with Gasteiger partial charge in [-0.1, -0.05) is 57.9 Å². The monoisotopic (exact) mass is 376 g/mol. The Balaban J connectivity index is 1.87. The standard InChI is InChI=1S/C24H34F2O/c1-5-8-17(3)9-7-10-19-11-13-20(14-12-19)21-15-16-22(24(26)23(21)25)27-18(4)6-2/h2,15-20H,5,7-14H2,1,3-4H3. The zero-order chi connectivity index (χ0) is 19.8. The van der Waals surface area contributed by atoms with Crippen molar-refractivity contribution in [3.05, 3.63) is 29.3 Å². The van der Waals surface area contributed by atoms with E-state index in [0.717, 1.165) is 37.5 Å². The Morgan fingerprint density at radius 2 is 1.81 bits per heavy atom. The van der Waals surface area contributed by atoms with E-state index in [9.17, 15) is 8.78 Å². The van der Waals surface area contributed by atoms with Crippen LogP contribution in [0.15, 0.2) is 12.1 Å². The third-order valence-corrected chi connectivity index (χ3v) is 5.99. The van der Waals surface area contributed by atoms with Crippen molar-refractivity contribution in [3.8, 4) is 18.1 Å². The largest absolute Gasteiger partial charge is 0.475 e. The number of halogens is 2. The molecule has 2 unspecified atom stereocenters. The van der Waals surface area contributed by atoms with Crippen molar-refractivity contribution < 1.29 is 13.5 Å². The average Bonchev–Trinajstić information content (AvgIpc) is 2.66. The molecule has 1 aliphatic rings. The molecular formula is C24H34F2O. The Hall–Kier alpha value is -1.56. The fourth-order valence-corrected chi connectivity index (χ4v) is 4.33. The second-order valence-electron chi connectivity index (χ2n) is 8.25. The van der Waals surface area contributed by atoms with Crippen LogP contribution in [0, 0.1) is 35.8 Å². The Morgan fingerprint density at radius 1 is 1.11 bits per heavy atom. The molecule has 0 N–H and O–H groups in total. The lowest BCUT2D eigenvalue weighted by Gasteiger charge is -2.29. The summed E-state index contributed by atoms with van der Waals surface area (Å²) < 4.78 is 34.1. The molecule has 0 radical (unpaired) electrons. The van der Waals surface area contributed by atoms with Crippen molar-refractivity contribution in [1.29, 1.82) is 0 Å². The van der Waals surface area contributed by atoms with E-state index in [2.05, 4.69) is 19.8 Å². The molecule has 2 rings (SSSR count). The first-order valence-electron chi connectivity index (χ1n) is 10.6. The first kappa shape index (κ1) is 21.7. The van der Waals surface area contributed by atoms with Gasteiger partial charge in [-0.2, -0.15) is 4.39 Å². The third kappa shape index (κ3) is 6.23. The van der Waals surface area contributed by atoms with Crippen LogP contribution in [0.5, 0.6) is 5.75 Å². The van der Waals surface area contributed by atoms with Crippen LogP contribution >= 0.6 is 0 Å². The molecule has 0 bridgehead atoms. The number of hydrogen-bond acceptors (Lipinski definition) is 1. The van der Waals surface area contributed by atoms with Crippen molar-refractivity contribution in [2.75, 3.05) is 0 Å². The summed E-state index contributed by atoms with van der Waals surface area (Å²) in [5.74, 6) is 2.24. The van der Waals surface area contributed by atoms with E-state index in [1.807, 2.05) is 0 Å². The fraction of sp³-hybridized carbons (Fsp3) is 0.667. The molecule has 0 heterocycles. The topological polar surface area (TPSA) is 9.23 Å². The lowest BCUT2D eigenvalue weighted by molar-refractivity contribution is 0.258. The van der Waals surface area contributed by atoms with Crippen molar-refractivity contribution in [2.45, 2.75) is 90.6 Å². The van der Waals surface area contributed by atoms with Gasteiger partial charge in [0.1, 0.15) is 0 Å². The van der Waals surface area contributed by atoms with Crippen molar-refractivity contribution in [3.63, 3.8) is 0 Å². The van der Waals surface area contributed by atoms with Crippen molar-refractivity contribution in [1.82, 2.24) is 0 Å². The minimum atomic E-state index is -0.915. The number of benzene rings is 1. The minimum absolute atomic E-state index is 0.100. The SMILES string of the molecule is C#CC(C)Oc1ccc(C2CCC(CCCC(C)CCC)CC2)c(F)c1F. The van der Waals surface area contributed by atoms with Crippen LogP contribution < -0.4 is 4.74 Å². The van der Waals surface area contributed by atoms with Crippen LogP contribution in [0.2, 0.25) is 0 Å². The molecule has 1 aromatic carbocycles. The number of hydrogen-bond donors (Lipinski definition) is 0. The van der Waals surface area contributed by atoms with E-state index in [1.54, 1.807) is 13.0 Å². The number of rotatable bonds is 9. The van der Waals surface area contributed by atoms with E-state index in [0.29, 0.717) is 5.56 Å². The zero-order valence-corrected chi connectivity index (χ0v) is 17.1. The lowest BCUT2D eigenvalue weighted by Crippen LogP contribution is -2.16. The summed E-state index contributed by atoms with van der Waals surface area (Å²) in [7, 11) is 0. The lowest BCUT2D eigenvalue weighted by atomic mass is 9.76. The van der Waals surface area contributed by atoms with Gasteiger partial charge in [0.05, 0.1) is 0 Å². The fourth-order valence-electron chi connectivity index (χ4n) is 4.33. The Morgan fingerprint density at radius 3 is 2.44 bits per heavy atom. The van der Waals surface area contributed by atoms with Gasteiger partial charge in [-0.3, -0.25) is 0 Å². The van der Waals surface area contributed by atoms with Gasteiger partial charge in [-0.05, 0) is 62.0 Å². The minimum Gasteiger partial charge on any atom is -0.475 e. The van der Waals surface area contributed by atoms with Gasteiger partial charge in [0.25, 0.3) is 0 Å². The molecule has 3 heteroatoms. The quantitative estimate of drug-likeness (QED) is 0.413. The first-order valence-corrected chi connectivity index (χ1v) is 10.6. The van der Waals surface area contributed by atoms with E-state index in [1.165, 1.54) is 38.2 Å². The molecule has 27 heavy (non-hydrogen) atoms. The van der Waals surface area contributed by atoms with Gasteiger partial charge in [0, 0.05) is 0 Å². The summed E-state index contributed by atoms with van der Waals surface area (Å²) >= 11 is 0. The maximum absolute atomic E-state index is 14.6. The average molecular weight is 377 g/mol. The van der Waals surface area contributed by atoms with Crippen LogP contribution in [0.3, 0.4) is 0 Å². The summed E-state index contributed by atoms with van der Waals surface area (Å²) in [6.07, 6.45) is 15.2. The van der Waals surface area contributed by atoms with Crippen LogP contribution in [-0.4, -0.2) is 6.10 Å². The van der Waals surface area contributed by atoms with E-state index in [4.69, 9.17) is 11.2 Å². The predicted octanol–water partition coefficient (Wildman–Crippen LogP) is 7.25. The van der Waals surface area contributed by atoms with Crippen LogP contribution in [0.1, 0.15) is 90.0 Å². The Kier molecular flexibility index (Phi) is 8.61. The predicted molar refractivity (Wildman–Crippen MR) is 108 cm³/mol.